The molecule has 46 valence electrons. The SMILES string of the molecule is CN(C)CC[O-].[NH4+]. The van der Waals surface area contributed by atoms with Gasteiger partial charge in [-0.2, -0.15) is 0 Å². The normalized spacial score (nSPS) is 8.57. The van der Waals surface area contributed by atoms with Crippen LogP contribution in [0.15, 0.2) is 0 Å². The third kappa shape index (κ3) is 10.7. The highest BCUT2D eigenvalue weighted by Crippen LogP contribution is 1.63. The molecule has 3 nitrogen and oxygen atoms in total. The van der Waals surface area contributed by atoms with E-state index in [1.807, 2.05) is 19.0 Å². The fourth-order valence-corrected chi connectivity index (χ4v) is 0.183. The molecule has 0 atom stereocenters. The second-order valence-corrected chi connectivity index (χ2v) is 1.51. The van der Waals surface area contributed by atoms with Gasteiger partial charge in [0.25, 0.3) is 0 Å². The molecule has 7 heavy (non-hydrogen) atoms. The first-order valence-corrected chi connectivity index (χ1v) is 2.00. The van der Waals surface area contributed by atoms with Crippen LogP contribution in [0.25, 0.3) is 0 Å². The van der Waals surface area contributed by atoms with Crippen molar-refractivity contribution in [3.05, 3.63) is 0 Å². The summed E-state index contributed by atoms with van der Waals surface area (Å²) in [4.78, 5) is 1.87. The fraction of sp³-hybridized carbons (Fsp3) is 1.00. The van der Waals surface area contributed by atoms with E-state index < -0.39 is 0 Å². The smallest absolute Gasteiger partial charge is 0.0137 e. The fourth-order valence-electron chi connectivity index (χ4n) is 0.183. The molecule has 4 N–H and O–H groups in total. The van der Waals surface area contributed by atoms with Crippen molar-refractivity contribution in [1.29, 1.82) is 0 Å². The number of nitrogens with zero attached hydrogens (tertiary/aromatic N) is 1. The lowest BCUT2D eigenvalue weighted by molar-refractivity contribution is -0.368. The van der Waals surface area contributed by atoms with Crippen molar-refractivity contribution in [2.45, 2.75) is 0 Å². The Balaban J connectivity index is 0. The minimum atomic E-state index is 0. The van der Waals surface area contributed by atoms with Crippen LogP contribution in [0.4, 0.5) is 0 Å². The number of likely N-dealkylation sites (N-methyl/N-ethyl adjacent to an activating group) is 1. The van der Waals surface area contributed by atoms with Gasteiger partial charge >= 0.3 is 0 Å². The van der Waals surface area contributed by atoms with Crippen LogP contribution in [-0.4, -0.2) is 32.1 Å². The Kier molecular flexibility index (Phi) is 8.39. The molecule has 0 saturated heterocycles. The molecule has 0 spiro atoms. The van der Waals surface area contributed by atoms with Gasteiger partial charge in [-0.25, -0.2) is 0 Å². The minimum Gasteiger partial charge on any atom is -0.854 e. The molecule has 0 saturated carbocycles. The third-order valence-electron chi connectivity index (χ3n) is 0.539. The summed E-state index contributed by atoms with van der Waals surface area (Å²) in [5.41, 5.74) is 0. The number of hydrogen-bond acceptors (Lipinski definition) is 2. The van der Waals surface area contributed by atoms with Crippen molar-refractivity contribution in [3.8, 4) is 0 Å². The molecule has 0 aromatic carbocycles. The predicted molar refractivity (Wildman–Crippen MR) is 29.4 cm³/mol. The molecule has 0 radical (unpaired) electrons. The summed E-state index contributed by atoms with van der Waals surface area (Å²) in [5.74, 6) is 0. The lowest BCUT2D eigenvalue weighted by Crippen LogP contribution is -2.23. The average Bonchev–Trinajstić information content (AvgIpc) is 1.35. The van der Waals surface area contributed by atoms with E-state index in [1.165, 1.54) is 0 Å². The molecule has 0 fully saturated rings. The van der Waals surface area contributed by atoms with Gasteiger partial charge in [0.15, 0.2) is 0 Å². The Morgan fingerprint density at radius 1 is 1.43 bits per heavy atom. The Morgan fingerprint density at radius 3 is 1.86 bits per heavy atom. The molecule has 0 amide bonds. The maximum atomic E-state index is 9.70. The van der Waals surface area contributed by atoms with Crippen LogP contribution in [0, 0.1) is 0 Å². The molecule has 0 rings (SSSR count). The van der Waals surface area contributed by atoms with Crippen LogP contribution in [-0.2, 0) is 0 Å². The van der Waals surface area contributed by atoms with E-state index in [0.29, 0.717) is 6.54 Å². The van der Waals surface area contributed by atoms with Gasteiger partial charge in [-0.05, 0) is 20.6 Å². The zero-order valence-electron chi connectivity index (χ0n) is 5.27. The van der Waals surface area contributed by atoms with E-state index in [0.717, 1.165) is 0 Å². The molecule has 0 aliphatic carbocycles. The minimum absolute atomic E-state index is 0. The molecule has 0 aliphatic heterocycles. The maximum absolute atomic E-state index is 9.70. The van der Waals surface area contributed by atoms with Crippen LogP contribution >= 0.6 is 0 Å². The van der Waals surface area contributed by atoms with Crippen molar-refractivity contribution < 1.29 is 5.11 Å². The summed E-state index contributed by atoms with van der Waals surface area (Å²) in [7, 11) is 3.77. The second-order valence-electron chi connectivity index (χ2n) is 1.51. The summed E-state index contributed by atoms with van der Waals surface area (Å²) in [6.45, 7) is 0.660. The first-order valence-electron chi connectivity index (χ1n) is 2.00. The van der Waals surface area contributed by atoms with Crippen molar-refractivity contribution in [2.75, 3.05) is 27.2 Å². The largest absolute Gasteiger partial charge is 0.854 e. The van der Waals surface area contributed by atoms with Crippen LogP contribution in [0.5, 0.6) is 0 Å². The average molecular weight is 106 g/mol. The van der Waals surface area contributed by atoms with Gasteiger partial charge < -0.3 is 16.2 Å². The third-order valence-corrected chi connectivity index (χ3v) is 0.539. The number of rotatable bonds is 2. The Bertz CT molecular complexity index is 30.9. The van der Waals surface area contributed by atoms with E-state index in [2.05, 4.69) is 0 Å². The summed E-state index contributed by atoms with van der Waals surface area (Å²) >= 11 is 0. The Morgan fingerprint density at radius 2 is 1.86 bits per heavy atom. The van der Waals surface area contributed by atoms with Crippen molar-refractivity contribution >= 4 is 0 Å². The van der Waals surface area contributed by atoms with Gasteiger partial charge in [0.05, 0.1) is 0 Å². The van der Waals surface area contributed by atoms with E-state index in [9.17, 15) is 5.11 Å². The zero-order chi connectivity index (χ0) is 4.99. The lowest BCUT2D eigenvalue weighted by Gasteiger charge is -2.09. The summed E-state index contributed by atoms with van der Waals surface area (Å²) in [6, 6.07) is 0. The second kappa shape index (κ2) is 5.88. The van der Waals surface area contributed by atoms with Crippen molar-refractivity contribution in [3.63, 3.8) is 0 Å². The molecular weight excluding hydrogens is 92.1 g/mol. The molecule has 0 aliphatic rings. The van der Waals surface area contributed by atoms with Gasteiger partial charge in [0.1, 0.15) is 0 Å². The van der Waals surface area contributed by atoms with Crippen LogP contribution in [0.2, 0.25) is 0 Å². The summed E-state index contributed by atoms with van der Waals surface area (Å²) in [5, 5.41) is 9.70. The first kappa shape index (κ1) is 9.99. The highest BCUT2D eigenvalue weighted by molar-refractivity contribution is 4.33. The van der Waals surface area contributed by atoms with E-state index in [4.69, 9.17) is 0 Å². The van der Waals surface area contributed by atoms with Gasteiger partial charge in [-0.15, -0.1) is 6.61 Å². The molecule has 0 aromatic rings. The lowest BCUT2D eigenvalue weighted by atomic mass is 10.6. The van der Waals surface area contributed by atoms with Gasteiger partial charge in [-0.1, -0.05) is 0 Å². The van der Waals surface area contributed by atoms with Crippen molar-refractivity contribution in [2.24, 2.45) is 0 Å². The molecule has 3 heteroatoms. The van der Waals surface area contributed by atoms with Crippen molar-refractivity contribution in [1.82, 2.24) is 11.1 Å². The summed E-state index contributed by atoms with van der Waals surface area (Å²) in [6.07, 6.45) is 0. The predicted octanol–water partition coefficient (Wildman–Crippen LogP) is -0.715. The van der Waals surface area contributed by atoms with E-state index >= 15 is 0 Å². The first-order chi connectivity index (χ1) is 2.77. The van der Waals surface area contributed by atoms with Gasteiger partial charge in [-0.3, -0.25) is 0 Å². The van der Waals surface area contributed by atoms with E-state index in [1.54, 1.807) is 0 Å². The highest BCUT2D eigenvalue weighted by Gasteiger charge is 1.75. The highest BCUT2D eigenvalue weighted by atomic mass is 16.3. The Hall–Kier alpha value is -0.120. The summed E-state index contributed by atoms with van der Waals surface area (Å²) < 4.78 is 0. The number of quaternary nitrogens is 1. The maximum Gasteiger partial charge on any atom is -0.0137 e. The molecule has 0 aromatic heterocycles. The van der Waals surface area contributed by atoms with Crippen LogP contribution in [0.3, 0.4) is 0 Å². The topological polar surface area (TPSA) is 62.8 Å². The molecule has 0 heterocycles. The van der Waals surface area contributed by atoms with Gasteiger partial charge in [0.2, 0.25) is 0 Å². The van der Waals surface area contributed by atoms with Crippen LogP contribution < -0.4 is 11.3 Å². The van der Waals surface area contributed by atoms with Crippen LogP contribution in [0.1, 0.15) is 0 Å². The number of hydrogen-bond donors (Lipinski definition) is 1. The monoisotopic (exact) mass is 106 g/mol. The molecule has 0 bridgehead atoms. The van der Waals surface area contributed by atoms with E-state index in [-0.39, 0.29) is 12.8 Å². The van der Waals surface area contributed by atoms with Gasteiger partial charge in [0, 0.05) is 0 Å². The molecule has 0 unspecified atom stereocenters. The zero-order valence-corrected chi connectivity index (χ0v) is 5.27. The quantitative estimate of drug-likeness (QED) is 0.505. The standard InChI is InChI=1S/C4H10NO.H3N/c1-5(2)3-4-6;/h3-4H2,1-2H3;1H3/q-1;/p+1. The Labute approximate surface area is 44.5 Å². The molecular formula is C4H14N2O.